The van der Waals surface area contributed by atoms with Gasteiger partial charge in [0, 0.05) is 5.69 Å². The lowest BCUT2D eigenvalue weighted by atomic mass is 10.3. The van der Waals surface area contributed by atoms with E-state index < -0.39 is 5.91 Å². The lowest BCUT2D eigenvalue weighted by Gasteiger charge is -2.00. The fourth-order valence-electron chi connectivity index (χ4n) is 1.76. The van der Waals surface area contributed by atoms with Gasteiger partial charge >= 0.3 is 0 Å². The highest BCUT2D eigenvalue weighted by Crippen LogP contribution is 2.17. The van der Waals surface area contributed by atoms with Crippen LogP contribution in [0.1, 0.15) is 10.5 Å². The molecule has 0 saturated carbocycles. The van der Waals surface area contributed by atoms with Gasteiger partial charge in [0.05, 0.1) is 17.2 Å². The molecule has 3 rings (SSSR count). The van der Waals surface area contributed by atoms with Gasteiger partial charge in [0.15, 0.2) is 0 Å². The number of carbonyl (C=O) groups is 1. The van der Waals surface area contributed by atoms with Crippen LogP contribution in [0.3, 0.4) is 0 Å². The van der Waals surface area contributed by atoms with Crippen molar-refractivity contribution in [2.45, 2.75) is 0 Å². The number of hydrogen-bond donors (Lipinski definition) is 3. The summed E-state index contributed by atoms with van der Waals surface area (Å²) in [7, 11) is 0. The van der Waals surface area contributed by atoms with Crippen LogP contribution in [0.2, 0.25) is 0 Å². The fraction of sp³-hybridized carbons (Fsp3) is 0. The minimum absolute atomic E-state index is 0.199. The predicted octanol–water partition coefficient (Wildman–Crippen LogP) is 1.80. The second kappa shape index (κ2) is 4.41. The van der Waals surface area contributed by atoms with E-state index in [1.54, 1.807) is 12.3 Å². The quantitative estimate of drug-likeness (QED) is 0.663. The molecule has 0 aliphatic rings. The molecule has 0 aliphatic heterocycles. The molecule has 1 aromatic carbocycles. The van der Waals surface area contributed by atoms with E-state index in [2.05, 4.69) is 20.3 Å². The summed E-state index contributed by atoms with van der Waals surface area (Å²) in [6.07, 6.45) is 1.54. The van der Waals surface area contributed by atoms with Crippen LogP contribution >= 0.6 is 0 Å². The Morgan fingerprint density at radius 3 is 2.79 bits per heavy atom. The second-order valence-electron chi connectivity index (χ2n) is 4.03. The van der Waals surface area contributed by atoms with Gasteiger partial charge in [0.25, 0.3) is 5.91 Å². The summed E-state index contributed by atoms with van der Waals surface area (Å²) >= 11 is 0. The van der Waals surface area contributed by atoms with E-state index in [1.165, 1.54) is 0 Å². The van der Waals surface area contributed by atoms with Crippen molar-refractivity contribution in [2.75, 3.05) is 5.32 Å². The van der Waals surface area contributed by atoms with Gasteiger partial charge in [-0.2, -0.15) is 0 Å². The molecule has 2 heterocycles. The molecule has 0 bridgehead atoms. The van der Waals surface area contributed by atoms with Gasteiger partial charge < -0.3 is 16.0 Å². The highest BCUT2D eigenvalue weighted by Gasteiger charge is 2.07. The van der Waals surface area contributed by atoms with Crippen molar-refractivity contribution in [3.63, 3.8) is 0 Å². The van der Waals surface area contributed by atoms with Crippen LogP contribution < -0.4 is 11.1 Å². The van der Waals surface area contributed by atoms with Crippen LogP contribution in [-0.2, 0) is 0 Å². The number of fused-ring (bicyclic) bond motifs is 1. The second-order valence-corrected chi connectivity index (χ2v) is 4.03. The number of pyridine rings is 1. The maximum absolute atomic E-state index is 11.0. The topological polar surface area (TPSA) is 96.7 Å². The number of nitrogens with two attached hydrogens (primary N) is 1. The van der Waals surface area contributed by atoms with Gasteiger partial charge in [0.2, 0.25) is 5.95 Å². The number of imidazole rings is 1. The summed E-state index contributed by atoms with van der Waals surface area (Å²) in [6, 6.07) is 11.2. The van der Waals surface area contributed by atoms with E-state index in [-0.39, 0.29) is 5.69 Å². The first kappa shape index (κ1) is 11.2. The van der Waals surface area contributed by atoms with Crippen molar-refractivity contribution in [2.24, 2.45) is 5.73 Å². The Bertz CT molecular complexity index is 735. The van der Waals surface area contributed by atoms with Crippen molar-refractivity contribution >= 4 is 28.6 Å². The lowest BCUT2D eigenvalue weighted by Crippen LogP contribution is -2.12. The summed E-state index contributed by atoms with van der Waals surface area (Å²) in [5.74, 6) is 0.0205. The van der Waals surface area contributed by atoms with E-state index in [0.29, 0.717) is 11.5 Å². The van der Waals surface area contributed by atoms with Crippen molar-refractivity contribution in [3.05, 3.63) is 48.3 Å². The van der Waals surface area contributed by atoms with Crippen molar-refractivity contribution in [1.29, 1.82) is 0 Å². The molecule has 6 nitrogen and oxygen atoms in total. The summed E-state index contributed by atoms with van der Waals surface area (Å²) in [4.78, 5) is 22.4. The van der Waals surface area contributed by atoms with Crippen molar-refractivity contribution < 1.29 is 4.79 Å². The number of nitrogens with one attached hydrogen (secondary N) is 2. The van der Waals surface area contributed by atoms with Crippen molar-refractivity contribution in [1.82, 2.24) is 15.0 Å². The summed E-state index contributed by atoms with van der Waals surface area (Å²) in [5, 5.41) is 3.13. The number of amides is 1. The smallest absolute Gasteiger partial charge is 0.267 e. The van der Waals surface area contributed by atoms with Gasteiger partial charge in [-0.05, 0) is 18.2 Å². The Labute approximate surface area is 108 Å². The molecule has 0 atom stereocenters. The molecule has 0 saturated heterocycles. The first-order chi connectivity index (χ1) is 9.22. The molecule has 19 heavy (non-hydrogen) atoms. The Kier molecular flexibility index (Phi) is 2.60. The highest BCUT2D eigenvalue weighted by molar-refractivity contribution is 5.94. The lowest BCUT2D eigenvalue weighted by molar-refractivity contribution is 0.0996. The first-order valence-corrected chi connectivity index (χ1v) is 5.70. The van der Waals surface area contributed by atoms with Crippen LogP contribution in [-0.4, -0.2) is 20.9 Å². The zero-order valence-electron chi connectivity index (χ0n) is 9.92. The molecular weight excluding hydrogens is 242 g/mol. The molecule has 0 unspecified atom stereocenters. The van der Waals surface area contributed by atoms with E-state index >= 15 is 0 Å². The van der Waals surface area contributed by atoms with Gasteiger partial charge in [-0.25, -0.2) is 9.97 Å². The van der Waals surface area contributed by atoms with Gasteiger partial charge in [-0.15, -0.1) is 0 Å². The predicted molar refractivity (Wildman–Crippen MR) is 72.1 cm³/mol. The standard InChI is InChI=1S/C13H11N5O/c14-12(19)10-6-9-11(7-15-10)18-13(17-9)16-8-4-2-1-3-5-8/h1-7H,(H2,14,19)(H2,16,17,18). The van der Waals surface area contributed by atoms with Gasteiger partial charge in [0.1, 0.15) is 5.69 Å². The third-order valence-electron chi connectivity index (χ3n) is 2.66. The third-order valence-corrected chi connectivity index (χ3v) is 2.66. The number of para-hydroxylation sites is 1. The van der Waals surface area contributed by atoms with Crippen molar-refractivity contribution in [3.8, 4) is 0 Å². The number of anilines is 2. The van der Waals surface area contributed by atoms with Crippen LogP contribution in [0.5, 0.6) is 0 Å². The Hall–Kier alpha value is -2.89. The normalized spacial score (nSPS) is 10.5. The number of nitrogens with zero attached hydrogens (tertiary/aromatic N) is 2. The molecule has 0 radical (unpaired) electrons. The van der Waals surface area contributed by atoms with Gasteiger partial charge in [-0.3, -0.25) is 4.79 Å². The molecule has 3 aromatic rings. The maximum atomic E-state index is 11.0. The fourth-order valence-corrected chi connectivity index (χ4v) is 1.76. The average Bonchev–Trinajstić information content (AvgIpc) is 2.80. The summed E-state index contributed by atoms with van der Waals surface area (Å²) in [6.45, 7) is 0. The number of aromatic amines is 1. The summed E-state index contributed by atoms with van der Waals surface area (Å²) in [5.41, 5.74) is 7.68. The molecule has 1 amide bonds. The molecular formula is C13H11N5O. The number of carbonyl (C=O) groups excluding carboxylic acids is 1. The molecule has 0 fully saturated rings. The molecule has 6 heteroatoms. The van der Waals surface area contributed by atoms with E-state index in [0.717, 1.165) is 11.2 Å². The number of aromatic nitrogens is 3. The molecule has 94 valence electrons. The average molecular weight is 253 g/mol. The van der Waals surface area contributed by atoms with Gasteiger partial charge in [-0.1, -0.05) is 18.2 Å². The maximum Gasteiger partial charge on any atom is 0.267 e. The highest BCUT2D eigenvalue weighted by atomic mass is 16.1. The van der Waals surface area contributed by atoms with E-state index in [9.17, 15) is 4.79 Å². The summed E-state index contributed by atoms with van der Waals surface area (Å²) < 4.78 is 0. The zero-order valence-corrected chi connectivity index (χ0v) is 9.92. The van der Waals surface area contributed by atoms with E-state index in [4.69, 9.17) is 5.73 Å². The molecule has 0 aliphatic carbocycles. The minimum Gasteiger partial charge on any atom is -0.364 e. The van der Waals surface area contributed by atoms with E-state index in [1.807, 2.05) is 30.3 Å². The number of hydrogen-bond acceptors (Lipinski definition) is 4. The Morgan fingerprint density at radius 1 is 1.26 bits per heavy atom. The Balaban J connectivity index is 1.95. The number of H-pyrrole nitrogens is 1. The largest absolute Gasteiger partial charge is 0.364 e. The number of benzene rings is 1. The van der Waals surface area contributed by atoms with Crippen LogP contribution in [0.25, 0.3) is 11.0 Å². The Morgan fingerprint density at radius 2 is 2.05 bits per heavy atom. The monoisotopic (exact) mass is 253 g/mol. The van der Waals surface area contributed by atoms with Crippen LogP contribution in [0.4, 0.5) is 11.6 Å². The molecule has 4 N–H and O–H groups in total. The SMILES string of the molecule is NC(=O)c1cc2nc(Nc3ccccc3)[nH]c2cn1. The van der Waals surface area contributed by atoms with Crippen LogP contribution in [0, 0.1) is 0 Å². The minimum atomic E-state index is -0.567. The first-order valence-electron chi connectivity index (χ1n) is 5.70. The number of primary amides is 1. The third kappa shape index (κ3) is 2.23. The zero-order chi connectivity index (χ0) is 13.2. The number of rotatable bonds is 3. The molecule has 2 aromatic heterocycles. The molecule has 0 spiro atoms. The van der Waals surface area contributed by atoms with Crippen LogP contribution in [0.15, 0.2) is 42.6 Å².